The van der Waals surface area contributed by atoms with Gasteiger partial charge in [0.25, 0.3) is 0 Å². The van der Waals surface area contributed by atoms with Crippen LogP contribution in [-0.2, 0) is 10.4 Å². The van der Waals surface area contributed by atoms with E-state index in [0.717, 1.165) is 0 Å². The normalized spacial score (nSPS) is 8.80. The molecule has 0 atom stereocenters. The van der Waals surface area contributed by atoms with Crippen molar-refractivity contribution in [2.45, 2.75) is 20.3 Å². The zero-order chi connectivity index (χ0) is 7.91. The Bertz CT molecular complexity index is 120. The number of hydrogen-bond donors (Lipinski definition) is 2. The molecule has 0 bridgehead atoms. The van der Waals surface area contributed by atoms with E-state index in [2.05, 4.69) is 20.3 Å². The van der Waals surface area contributed by atoms with E-state index in [9.17, 15) is 0 Å². The summed E-state index contributed by atoms with van der Waals surface area (Å²) in [6.07, 6.45) is 3.32. The molecule has 0 heterocycles. The fraction of sp³-hybridized carbons (Fsp3) is 0.750. The van der Waals surface area contributed by atoms with Gasteiger partial charge in [0, 0.05) is 0 Å². The van der Waals surface area contributed by atoms with Gasteiger partial charge in [-0.15, -0.1) is 0 Å². The van der Waals surface area contributed by atoms with Crippen LogP contribution in [0.25, 0.3) is 0 Å². The topological polar surface area (TPSA) is 74.6 Å². The molecule has 58 valence electrons. The van der Waals surface area contributed by atoms with E-state index in [-0.39, 0.29) is 18.9 Å². The van der Waals surface area contributed by atoms with Crippen molar-refractivity contribution >= 4 is 10.4 Å². The maximum absolute atomic E-state index is 8.74. The minimum atomic E-state index is -4.67. The molecule has 0 aliphatic carbocycles. The molecule has 0 amide bonds. The van der Waals surface area contributed by atoms with Crippen LogP contribution in [0, 0.1) is 6.42 Å². The summed E-state index contributed by atoms with van der Waals surface area (Å²) in [5, 5.41) is 0. The van der Waals surface area contributed by atoms with Gasteiger partial charge in [-0.25, -0.2) is 0 Å². The Kier molecular flexibility index (Phi) is 15.9. The second-order valence-electron chi connectivity index (χ2n) is 1.26. The quantitative estimate of drug-likeness (QED) is 0.265. The van der Waals surface area contributed by atoms with E-state index >= 15 is 0 Å². The second kappa shape index (κ2) is 9.47. The van der Waals surface area contributed by atoms with E-state index in [1.165, 1.54) is 6.42 Å². The van der Waals surface area contributed by atoms with Crippen molar-refractivity contribution in [3.8, 4) is 0 Å². The summed E-state index contributed by atoms with van der Waals surface area (Å²) in [4.78, 5) is 0. The monoisotopic (exact) mass is 162 g/mol. The van der Waals surface area contributed by atoms with Crippen LogP contribution in [0.4, 0.5) is 0 Å². The molecule has 0 fully saturated rings. The predicted octanol–water partition coefficient (Wildman–Crippen LogP) is -2.03. The average molecular weight is 162 g/mol. The van der Waals surface area contributed by atoms with E-state index < -0.39 is 10.4 Å². The zero-order valence-corrected chi connectivity index (χ0v) is 7.22. The van der Waals surface area contributed by atoms with Gasteiger partial charge < -0.3 is 6.42 Å². The maximum atomic E-state index is 8.74. The Hall–Kier alpha value is 0.467. The van der Waals surface area contributed by atoms with Crippen LogP contribution < -0.4 is 18.9 Å². The maximum Gasteiger partial charge on any atom is 1.00 e. The molecule has 0 saturated carbocycles. The van der Waals surface area contributed by atoms with Crippen molar-refractivity contribution in [2.24, 2.45) is 0 Å². The van der Waals surface area contributed by atoms with Gasteiger partial charge in [-0.2, -0.15) is 21.8 Å². The van der Waals surface area contributed by atoms with Gasteiger partial charge in [0.2, 0.25) is 0 Å². The molecule has 0 aliphatic rings. The van der Waals surface area contributed by atoms with Crippen molar-refractivity contribution in [3.63, 3.8) is 0 Å². The van der Waals surface area contributed by atoms with Crippen molar-refractivity contribution in [3.05, 3.63) is 6.42 Å². The van der Waals surface area contributed by atoms with Crippen LogP contribution in [0.3, 0.4) is 0 Å². The largest absolute Gasteiger partial charge is 1.00 e. The molecular weight excluding hydrogens is 151 g/mol. The van der Waals surface area contributed by atoms with Crippen molar-refractivity contribution < 1.29 is 36.4 Å². The van der Waals surface area contributed by atoms with Crippen LogP contribution in [0.5, 0.6) is 0 Å². The SMILES string of the molecule is C[CH-]CC.O=S(=O)(O)O.[Li+]. The minimum absolute atomic E-state index is 0. The van der Waals surface area contributed by atoms with Gasteiger partial charge in [-0.3, -0.25) is 9.11 Å². The molecular formula is C4H11LiO4S. The first-order valence-electron chi connectivity index (χ1n) is 2.39. The Morgan fingerprint density at radius 3 is 1.50 bits per heavy atom. The third-order valence-corrected chi connectivity index (χ3v) is 0.408. The Labute approximate surface area is 73.8 Å². The summed E-state index contributed by atoms with van der Waals surface area (Å²) < 4.78 is 31.6. The summed E-state index contributed by atoms with van der Waals surface area (Å²) in [6, 6.07) is 0. The molecule has 0 aromatic carbocycles. The fourth-order valence-electron chi connectivity index (χ4n) is 0. The first-order valence-corrected chi connectivity index (χ1v) is 3.79. The van der Waals surface area contributed by atoms with Crippen molar-refractivity contribution in [1.29, 1.82) is 0 Å². The minimum Gasteiger partial charge on any atom is -0.332 e. The van der Waals surface area contributed by atoms with Gasteiger partial charge >= 0.3 is 29.3 Å². The Balaban J connectivity index is -0.0000000910. The molecule has 4 nitrogen and oxygen atoms in total. The van der Waals surface area contributed by atoms with Crippen LogP contribution in [0.2, 0.25) is 0 Å². The summed E-state index contributed by atoms with van der Waals surface area (Å²) in [7, 11) is -4.67. The predicted molar refractivity (Wildman–Crippen MR) is 34.4 cm³/mol. The van der Waals surface area contributed by atoms with E-state index in [1.807, 2.05) is 0 Å². The van der Waals surface area contributed by atoms with Gasteiger partial charge in [0.15, 0.2) is 0 Å². The van der Waals surface area contributed by atoms with Crippen LogP contribution in [-0.4, -0.2) is 17.5 Å². The van der Waals surface area contributed by atoms with Crippen molar-refractivity contribution in [2.75, 3.05) is 0 Å². The third-order valence-electron chi connectivity index (χ3n) is 0.408. The Morgan fingerprint density at radius 2 is 1.50 bits per heavy atom. The first kappa shape index (κ1) is 16.8. The summed E-state index contributed by atoms with van der Waals surface area (Å²) in [5.41, 5.74) is 0. The second-order valence-corrected chi connectivity index (χ2v) is 2.16. The summed E-state index contributed by atoms with van der Waals surface area (Å²) in [5.74, 6) is 0. The van der Waals surface area contributed by atoms with E-state index in [1.54, 1.807) is 0 Å². The molecule has 0 saturated heterocycles. The van der Waals surface area contributed by atoms with Crippen LogP contribution in [0.15, 0.2) is 0 Å². The Morgan fingerprint density at radius 1 is 1.40 bits per heavy atom. The molecule has 0 aliphatic heterocycles. The standard InChI is InChI=1S/C4H9.Li.H2O4S/c1-3-4-2;;1-5(2,3)4/h3H,4H2,1-2H3;;(H2,1,2,3,4)/q-1;+1;. The first-order chi connectivity index (χ1) is 3.91. The molecule has 0 spiro atoms. The zero-order valence-electron chi connectivity index (χ0n) is 6.40. The molecule has 0 aromatic heterocycles. The molecule has 6 heteroatoms. The van der Waals surface area contributed by atoms with Crippen molar-refractivity contribution in [1.82, 2.24) is 0 Å². The number of unbranched alkanes of at least 4 members (excludes halogenated alkanes) is 1. The number of hydrogen-bond acceptors (Lipinski definition) is 2. The van der Waals surface area contributed by atoms with Crippen LogP contribution >= 0.6 is 0 Å². The van der Waals surface area contributed by atoms with Gasteiger partial charge in [0.05, 0.1) is 0 Å². The fourth-order valence-corrected chi connectivity index (χ4v) is 0. The van der Waals surface area contributed by atoms with Gasteiger partial charge in [-0.1, -0.05) is 6.92 Å². The van der Waals surface area contributed by atoms with E-state index in [4.69, 9.17) is 17.5 Å². The third kappa shape index (κ3) is 219. The van der Waals surface area contributed by atoms with Gasteiger partial charge in [-0.05, 0) is 0 Å². The molecule has 0 unspecified atom stereocenters. The molecule has 10 heavy (non-hydrogen) atoms. The number of rotatable bonds is 1. The summed E-state index contributed by atoms with van der Waals surface area (Å²) >= 11 is 0. The van der Waals surface area contributed by atoms with E-state index in [0.29, 0.717) is 0 Å². The molecule has 0 radical (unpaired) electrons. The summed E-state index contributed by atoms with van der Waals surface area (Å²) in [6.45, 7) is 4.18. The molecule has 0 rings (SSSR count). The smallest absolute Gasteiger partial charge is 0.332 e. The van der Waals surface area contributed by atoms with Gasteiger partial charge in [0.1, 0.15) is 0 Å². The van der Waals surface area contributed by atoms with Crippen LogP contribution in [0.1, 0.15) is 20.3 Å². The molecule has 2 N–H and O–H groups in total. The molecule has 0 aromatic rings. The average Bonchev–Trinajstić information content (AvgIpc) is 1.61.